The Balaban J connectivity index is 2.57. The van der Waals surface area contributed by atoms with Crippen LogP contribution in [0, 0.1) is 0 Å². The molecule has 0 amide bonds. The molecule has 0 radical (unpaired) electrons. The van der Waals surface area contributed by atoms with E-state index in [4.69, 9.17) is 5.11 Å². The molecule has 7 heteroatoms. The van der Waals surface area contributed by atoms with E-state index in [2.05, 4.69) is 31.5 Å². The highest BCUT2D eigenvalue weighted by Crippen LogP contribution is 2.21. The minimum Gasteiger partial charge on any atom is -0.478 e. The van der Waals surface area contributed by atoms with Crippen molar-refractivity contribution in [3.8, 4) is 5.69 Å². The first-order valence-corrected chi connectivity index (χ1v) is 6.11. The normalized spacial score (nSPS) is 10.9. The summed E-state index contributed by atoms with van der Waals surface area (Å²) < 4.78 is 2.21. The lowest BCUT2D eigenvalue weighted by molar-refractivity contribution is 0.0696. The van der Waals surface area contributed by atoms with Crippen molar-refractivity contribution < 1.29 is 9.90 Å². The van der Waals surface area contributed by atoms with E-state index in [1.165, 1.54) is 12.1 Å². The van der Waals surface area contributed by atoms with Crippen LogP contribution in [0.15, 0.2) is 22.7 Å². The average Bonchev–Trinajstić information content (AvgIpc) is 2.76. The lowest BCUT2D eigenvalue weighted by Gasteiger charge is -2.08. The Bertz CT molecular complexity index is 594. The van der Waals surface area contributed by atoms with Gasteiger partial charge in [0.2, 0.25) is 0 Å². The number of aromatic carboxylic acids is 1. The van der Waals surface area contributed by atoms with Gasteiger partial charge in [0.1, 0.15) is 0 Å². The van der Waals surface area contributed by atoms with E-state index in [9.17, 15) is 4.79 Å². The van der Waals surface area contributed by atoms with Crippen LogP contribution in [0.3, 0.4) is 0 Å². The number of carboxylic acid groups (broad SMARTS) is 1. The summed E-state index contributed by atoms with van der Waals surface area (Å²) in [6.07, 6.45) is 0. The Morgan fingerprint density at radius 1 is 1.39 bits per heavy atom. The molecule has 0 saturated carbocycles. The standard InChI is InChI=1S/C11H11BrN4O2/c1-6(2)10-13-14-15-16(10)9-4-7(11(17)18)3-8(12)5-9/h3-6H,1-2H3,(H,17,18). The molecule has 0 atom stereocenters. The van der Waals surface area contributed by atoms with Gasteiger partial charge in [-0.05, 0) is 28.6 Å². The number of carbonyl (C=O) groups is 1. The van der Waals surface area contributed by atoms with Crippen molar-refractivity contribution in [2.45, 2.75) is 19.8 Å². The third-order valence-corrected chi connectivity index (χ3v) is 2.84. The predicted molar refractivity (Wildman–Crippen MR) is 67.9 cm³/mol. The monoisotopic (exact) mass is 310 g/mol. The Labute approximate surface area is 112 Å². The third kappa shape index (κ3) is 2.40. The zero-order valence-corrected chi connectivity index (χ0v) is 11.4. The van der Waals surface area contributed by atoms with E-state index in [-0.39, 0.29) is 11.5 Å². The van der Waals surface area contributed by atoms with Crippen LogP contribution in [0.25, 0.3) is 5.69 Å². The van der Waals surface area contributed by atoms with E-state index >= 15 is 0 Å². The summed E-state index contributed by atoms with van der Waals surface area (Å²) in [6.45, 7) is 3.94. The number of halogens is 1. The number of nitrogens with zero attached hydrogens (tertiary/aromatic N) is 4. The number of aromatic nitrogens is 4. The second kappa shape index (κ2) is 4.85. The van der Waals surface area contributed by atoms with Gasteiger partial charge >= 0.3 is 5.97 Å². The number of rotatable bonds is 3. The van der Waals surface area contributed by atoms with E-state index in [0.717, 1.165) is 0 Å². The molecule has 6 nitrogen and oxygen atoms in total. The van der Waals surface area contributed by atoms with Crippen LogP contribution in [-0.4, -0.2) is 31.3 Å². The van der Waals surface area contributed by atoms with Gasteiger partial charge in [-0.15, -0.1) is 5.10 Å². The van der Waals surface area contributed by atoms with Gasteiger partial charge in [0.15, 0.2) is 5.82 Å². The molecule has 1 aromatic carbocycles. The molecule has 0 fully saturated rings. The SMILES string of the molecule is CC(C)c1nnnn1-c1cc(Br)cc(C(=O)O)c1. The first-order valence-electron chi connectivity index (χ1n) is 5.31. The third-order valence-electron chi connectivity index (χ3n) is 2.38. The van der Waals surface area contributed by atoms with Crippen LogP contribution in [0.5, 0.6) is 0 Å². The maximum absolute atomic E-state index is 11.0. The molecular formula is C11H11BrN4O2. The molecule has 0 unspecified atom stereocenters. The van der Waals surface area contributed by atoms with E-state index in [1.54, 1.807) is 10.7 Å². The van der Waals surface area contributed by atoms with Crippen LogP contribution in [0.4, 0.5) is 0 Å². The van der Waals surface area contributed by atoms with Crippen molar-refractivity contribution in [1.82, 2.24) is 20.2 Å². The van der Waals surface area contributed by atoms with Gasteiger partial charge in [-0.1, -0.05) is 29.8 Å². The largest absolute Gasteiger partial charge is 0.478 e. The Kier molecular flexibility index (Phi) is 3.42. The topological polar surface area (TPSA) is 80.9 Å². The minimum atomic E-state index is -0.989. The number of benzene rings is 1. The number of carboxylic acids is 1. The maximum Gasteiger partial charge on any atom is 0.335 e. The van der Waals surface area contributed by atoms with Crippen molar-refractivity contribution in [3.63, 3.8) is 0 Å². The van der Waals surface area contributed by atoms with Crippen molar-refractivity contribution in [2.75, 3.05) is 0 Å². The van der Waals surface area contributed by atoms with Crippen LogP contribution >= 0.6 is 15.9 Å². The molecule has 1 heterocycles. The highest BCUT2D eigenvalue weighted by atomic mass is 79.9. The molecule has 0 bridgehead atoms. The van der Waals surface area contributed by atoms with Gasteiger partial charge in [-0.25, -0.2) is 4.79 Å². The molecule has 0 spiro atoms. The maximum atomic E-state index is 11.0. The molecular weight excluding hydrogens is 300 g/mol. The molecule has 94 valence electrons. The van der Waals surface area contributed by atoms with Gasteiger partial charge in [0.25, 0.3) is 0 Å². The highest BCUT2D eigenvalue weighted by Gasteiger charge is 2.14. The lowest BCUT2D eigenvalue weighted by Crippen LogP contribution is -2.06. The van der Waals surface area contributed by atoms with E-state index in [0.29, 0.717) is 16.0 Å². The molecule has 0 saturated heterocycles. The zero-order valence-electron chi connectivity index (χ0n) is 9.83. The Morgan fingerprint density at radius 3 is 2.72 bits per heavy atom. The summed E-state index contributed by atoms with van der Waals surface area (Å²) in [7, 11) is 0. The molecule has 0 aliphatic heterocycles. The number of hydrogen-bond acceptors (Lipinski definition) is 4. The van der Waals surface area contributed by atoms with Crippen molar-refractivity contribution in [2.24, 2.45) is 0 Å². The van der Waals surface area contributed by atoms with Crippen LogP contribution < -0.4 is 0 Å². The summed E-state index contributed by atoms with van der Waals surface area (Å²) >= 11 is 3.28. The van der Waals surface area contributed by atoms with Crippen LogP contribution in [-0.2, 0) is 0 Å². The molecule has 1 N–H and O–H groups in total. The first-order chi connectivity index (χ1) is 8.49. The molecule has 0 aliphatic rings. The van der Waals surface area contributed by atoms with Gasteiger partial charge < -0.3 is 5.11 Å². The quantitative estimate of drug-likeness (QED) is 0.940. The average molecular weight is 311 g/mol. The minimum absolute atomic E-state index is 0.146. The highest BCUT2D eigenvalue weighted by molar-refractivity contribution is 9.10. The van der Waals surface area contributed by atoms with E-state index < -0.39 is 5.97 Å². The molecule has 1 aromatic heterocycles. The Hall–Kier alpha value is -1.76. The Morgan fingerprint density at radius 2 is 2.11 bits per heavy atom. The fourth-order valence-corrected chi connectivity index (χ4v) is 2.04. The second-order valence-electron chi connectivity index (χ2n) is 4.11. The number of hydrogen-bond donors (Lipinski definition) is 1. The predicted octanol–water partition coefficient (Wildman–Crippen LogP) is 2.25. The second-order valence-corrected chi connectivity index (χ2v) is 5.02. The fraction of sp³-hybridized carbons (Fsp3) is 0.273. The summed E-state index contributed by atoms with van der Waals surface area (Å²) in [6, 6.07) is 4.84. The van der Waals surface area contributed by atoms with Crippen LogP contribution in [0.2, 0.25) is 0 Å². The first kappa shape index (κ1) is 12.7. The van der Waals surface area contributed by atoms with Gasteiger partial charge in [0.05, 0.1) is 11.3 Å². The van der Waals surface area contributed by atoms with Gasteiger partial charge in [0, 0.05) is 10.4 Å². The summed E-state index contributed by atoms with van der Waals surface area (Å²) in [5.41, 5.74) is 0.806. The summed E-state index contributed by atoms with van der Waals surface area (Å²) in [4.78, 5) is 11.0. The smallest absolute Gasteiger partial charge is 0.335 e. The molecule has 18 heavy (non-hydrogen) atoms. The summed E-state index contributed by atoms with van der Waals surface area (Å²) in [5.74, 6) is -0.159. The van der Waals surface area contributed by atoms with Crippen molar-refractivity contribution in [3.05, 3.63) is 34.1 Å². The fourth-order valence-electron chi connectivity index (χ4n) is 1.56. The number of tetrazole rings is 1. The summed E-state index contributed by atoms with van der Waals surface area (Å²) in [5, 5.41) is 20.5. The lowest BCUT2D eigenvalue weighted by atomic mass is 10.2. The molecule has 2 rings (SSSR count). The van der Waals surface area contributed by atoms with Gasteiger partial charge in [-0.3, -0.25) is 0 Å². The van der Waals surface area contributed by atoms with E-state index in [1.807, 2.05) is 13.8 Å². The van der Waals surface area contributed by atoms with Gasteiger partial charge in [-0.2, -0.15) is 4.68 Å². The molecule has 2 aromatic rings. The molecule has 0 aliphatic carbocycles. The van der Waals surface area contributed by atoms with Crippen LogP contribution in [0.1, 0.15) is 35.9 Å². The van der Waals surface area contributed by atoms with Crippen molar-refractivity contribution >= 4 is 21.9 Å². The van der Waals surface area contributed by atoms with Crippen molar-refractivity contribution in [1.29, 1.82) is 0 Å². The zero-order chi connectivity index (χ0) is 13.3.